The summed E-state index contributed by atoms with van der Waals surface area (Å²) >= 11 is 0. The quantitative estimate of drug-likeness (QED) is 0.865. The molecule has 1 atom stereocenters. The number of likely N-dealkylation sites (tertiary alicyclic amines) is 1. The van der Waals surface area contributed by atoms with Crippen molar-refractivity contribution in [1.82, 2.24) is 9.88 Å². The molecule has 1 saturated heterocycles. The molecule has 0 spiro atoms. The van der Waals surface area contributed by atoms with Crippen LogP contribution in [-0.2, 0) is 0 Å². The number of aromatic nitrogens is 1. The lowest BCUT2D eigenvalue weighted by Gasteiger charge is -2.17. The van der Waals surface area contributed by atoms with Crippen molar-refractivity contribution in [2.24, 2.45) is 0 Å². The Labute approximate surface area is 140 Å². The number of rotatable bonds is 4. The van der Waals surface area contributed by atoms with Crippen LogP contribution in [0.3, 0.4) is 0 Å². The van der Waals surface area contributed by atoms with E-state index in [-0.39, 0.29) is 17.8 Å². The monoisotopic (exact) mass is 330 g/mol. The number of nitrogens with zero attached hydrogens (tertiary/aromatic N) is 2. The fourth-order valence-electron chi connectivity index (χ4n) is 2.69. The zero-order valence-electron chi connectivity index (χ0n) is 13.7. The zero-order chi connectivity index (χ0) is 17.1. The summed E-state index contributed by atoms with van der Waals surface area (Å²) < 4.78 is 24.4. The second-order valence-electron chi connectivity index (χ2n) is 5.80. The first kappa shape index (κ1) is 16.2. The molecular formula is C18H19FN2O3. The van der Waals surface area contributed by atoms with Crippen molar-refractivity contribution >= 4 is 5.91 Å². The molecule has 24 heavy (non-hydrogen) atoms. The van der Waals surface area contributed by atoms with Crippen molar-refractivity contribution in [3.05, 3.63) is 53.5 Å². The van der Waals surface area contributed by atoms with E-state index in [1.165, 1.54) is 19.2 Å². The highest BCUT2D eigenvalue weighted by atomic mass is 19.1. The number of methoxy groups -OCH3 is 1. The van der Waals surface area contributed by atoms with Gasteiger partial charge in [-0.25, -0.2) is 9.37 Å². The Hall–Kier alpha value is -2.63. The lowest BCUT2D eigenvalue weighted by molar-refractivity contribution is 0.0770. The van der Waals surface area contributed by atoms with Gasteiger partial charge in [0.05, 0.1) is 13.7 Å². The van der Waals surface area contributed by atoms with E-state index in [1.54, 1.807) is 17.2 Å². The third-order valence-corrected chi connectivity index (χ3v) is 4.00. The van der Waals surface area contributed by atoms with E-state index in [1.807, 2.05) is 19.1 Å². The summed E-state index contributed by atoms with van der Waals surface area (Å²) in [6.07, 6.45) is 2.36. The average Bonchev–Trinajstić information content (AvgIpc) is 3.04. The summed E-state index contributed by atoms with van der Waals surface area (Å²) in [5, 5.41) is 0. The highest BCUT2D eigenvalue weighted by Crippen LogP contribution is 2.22. The van der Waals surface area contributed by atoms with Gasteiger partial charge in [-0.15, -0.1) is 0 Å². The molecule has 1 aliphatic heterocycles. The molecule has 5 nitrogen and oxygen atoms in total. The molecule has 2 aromatic rings. The molecule has 1 aromatic heterocycles. The van der Waals surface area contributed by atoms with Crippen LogP contribution in [0, 0.1) is 12.7 Å². The number of hydrogen-bond acceptors (Lipinski definition) is 4. The highest BCUT2D eigenvalue weighted by Gasteiger charge is 2.29. The summed E-state index contributed by atoms with van der Waals surface area (Å²) in [6.45, 7) is 2.99. The number of aryl methyl sites for hydroxylation is 1. The first-order valence-electron chi connectivity index (χ1n) is 7.79. The van der Waals surface area contributed by atoms with Gasteiger partial charge in [0.2, 0.25) is 5.88 Å². The van der Waals surface area contributed by atoms with Crippen LogP contribution in [0.1, 0.15) is 22.3 Å². The van der Waals surface area contributed by atoms with Crippen LogP contribution >= 0.6 is 0 Å². The van der Waals surface area contributed by atoms with E-state index >= 15 is 0 Å². The molecule has 0 unspecified atom stereocenters. The Morgan fingerprint density at radius 1 is 1.33 bits per heavy atom. The molecule has 2 heterocycles. The van der Waals surface area contributed by atoms with Gasteiger partial charge in [-0.1, -0.05) is 6.07 Å². The van der Waals surface area contributed by atoms with Gasteiger partial charge < -0.3 is 14.4 Å². The lowest BCUT2D eigenvalue weighted by Crippen LogP contribution is -2.31. The van der Waals surface area contributed by atoms with Gasteiger partial charge in [0.1, 0.15) is 6.10 Å². The highest BCUT2D eigenvalue weighted by molar-refractivity contribution is 5.94. The van der Waals surface area contributed by atoms with Crippen LogP contribution in [-0.4, -0.2) is 42.1 Å². The zero-order valence-corrected chi connectivity index (χ0v) is 13.7. The topological polar surface area (TPSA) is 51.7 Å². The van der Waals surface area contributed by atoms with Crippen LogP contribution < -0.4 is 9.47 Å². The Kier molecular flexibility index (Phi) is 4.64. The fourth-order valence-corrected chi connectivity index (χ4v) is 2.69. The number of benzene rings is 1. The number of hydrogen-bond donors (Lipinski definition) is 0. The standard InChI is InChI=1S/C18H19FN2O3/c1-12-3-6-17(20-10-12)24-14-7-8-21(11-14)18(22)13-4-5-16(23-2)15(19)9-13/h3-6,9-10,14H,7-8,11H2,1-2H3/t14-/m0/s1. The maximum atomic E-state index is 13.8. The summed E-state index contributed by atoms with van der Waals surface area (Å²) in [6, 6.07) is 7.98. The molecule has 126 valence electrons. The predicted octanol–water partition coefficient (Wildman–Crippen LogP) is 2.83. The molecule has 0 radical (unpaired) electrons. The second-order valence-corrected chi connectivity index (χ2v) is 5.80. The van der Waals surface area contributed by atoms with E-state index in [2.05, 4.69) is 4.98 Å². The van der Waals surface area contributed by atoms with Gasteiger partial charge in [0.25, 0.3) is 5.91 Å². The smallest absolute Gasteiger partial charge is 0.254 e. The van der Waals surface area contributed by atoms with Crippen molar-refractivity contribution in [2.45, 2.75) is 19.4 Å². The predicted molar refractivity (Wildman–Crippen MR) is 86.9 cm³/mol. The van der Waals surface area contributed by atoms with E-state index in [0.29, 0.717) is 24.5 Å². The van der Waals surface area contributed by atoms with E-state index in [9.17, 15) is 9.18 Å². The summed E-state index contributed by atoms with van der Waals surface area (Å²) in [7, 11) is 1.39. The number of halogens is 1. The molecule has 1 aromatic carbocycles. The molecule has 6 heteroatoms. The van der Waals surface area contributed by atoms with Gasteiger partial charge in [-0.2, -0.15) is 0 Å². The van der Waals surface area contributed by atoms with Gasteiger partial charge in [0, 0.05) is 30.8 Å². The number of amides is 1. The average molecular weight is 330 g/mol. The van der Waals surface area contributed by atoms with Crippen molar-refractivity contribution in [3.8, 4) is 11.6 Å². The van der Waals surface area contributed by atoms with E-state index in [4.69, 9.17) is 9.47 Å². The Balaban J connectivity index is 1.63. The van der Waals surface area contributed by atoms with E-state index < -0.39 is 5.82 Å². The molecule has 1 aliphatic rings. The molecule has 1 amide bonds. The molecule has 0 aliphatic carbocycles. The van der Waals surface area contributed by atoms with Crippen molar-refractivity contribution in [3.63, 3.8) is 0 Å². The molecule has 0 saturated carbocycles. The van der Waals surface area contributed by atoms with Crippen LogP contribution in [0.5, 0.6) is 11.6 Å². The van der Waals surface area contributed by atoms with Crippen LogP contribution in [0.25, 0.3) is 0 Å². The minimum Gasteiger partial charge on any atom is -0.494 e. The van der Waals surface area contributed by atoms with Crippen LogP contribution in [0.4, 0.5) is 4.39 Å². The van der Waals surface area contributed by atoms with Gasteiger partial charge in [-0.3, -0.25) is 4.79 Å². The van der Waals surface area contributed by atoms with Crippen LogP contribution in [0.2, 0.25) is 0 Å². The SMILES string of the molecule is COc1ccc(C(=O)N2CC[C@H](Oc3ccc(C)cn3)C2)cc1F. The summed E-state index contributed by atoms with van der Waals surface area (Å²) in [5.74, 6) is -0.0752. The van der Waals surface area contributed by atoms with Crippen molar-refractivity contribution in [1.29, 1.82) is 0 Å². The lowest BCUT2D eigenvalue weighted by atomic mass is 10.2. The molecule has 0 N–H and O–H groups in total. The summed E-state index contributed by atoms with van der Waals surface area (Å²) in [5.41, 5.74) is 1.37. The van der Waals surface area contributed by atoms with Gasteiger partial charge in [0.15, 0.2) is 11.6 Å². The second kappa shape index (κ2) is 6.86. The third kappa shape index (κ3) is 3.48. The Morgan fingerprint density at radius 2 is 2.17 bits per heavy atom. The third-order valence-electron chi connectivity index (χ3n) is 4.00. The molecule has 0 bridgehead atoms. The van der Waals surface area contributed by atoms with Crippen molar-refractivity contribution < 1.29 is 18.7 Å². The molecular weight excluding hydrogens is 311 g/mol. The van der Waals surface area contributed by atoms with Gasteiger partial charge in [-0.05, 0) is 30.7 Å². The van der Waals surface area contributed by atoms with Gasteiger partial charge >= 0.3 is 0 Å². The maximum Gasteiger partial charge on any atom is 0.254 e. The molecule has 1 fully saturated rings. The summed E-state index contributed by atoms with van der Waals surface area (Å²) in [4.78, 5) is 18.4. The fraction of sp³-hybridized carbons (Fsp3) is 0.333. The normalized spacial score (nSPS) is 17.0. The minimum atomic E-state index is -0.542. The number of pyridine rings is 1. The minimum absolute atomic E-state index is 0.104. The van der Waals surface area contributed by atoms with E-state index in [0.717, 1.165) is 12.0 Å². The first-order valence-corrected chi connectivity index (χ1v) is 7.79. The number of carbonyl (C=O) groups excluding carboxylic acids is 1. The number of ether oxygens (including phenoxy) is 2. The largest absolute Gasteiger partial charge is 0.494 e. The number of carbonyl (C=O) groups is 1. The van der Waals surface area contributed by atoms with Crippen molar-refractivity contribution in [2.75, 3.05) is 20.2 Å². The Morgan fingerprint density at radius 3 is 2.83 bits per heavy atom. The van der Waals surface area contributed by atoms with Crippen LogP contribution in [0.15, 0.2) is 36.5 Å². The Bertz CT molecular complexity index is 734. The first-order chi connectivity index (χ1) is 11.6. The maximum absolute atomic E-state index is 13.8. The molecule has 3 rings (SSSR count).